The zero-order chi connectivity index (χ0) is 33.6. The lowest BCUT2D eigenvalue weighted by molar-refractivity contribution is -0.0487. The first-order valence-corrected chi connectivity index (χ1v) is 19.8. The monoisotopic (exact) mass is 747 g/mol. The fourth-order valence-corrected chi connectivity index (χ4v) is 8.18. The Balaban J connectivity index is 1.23. The Kier molecular flexibility index (Phi) is 9.78. The molecule has 10 atom stereocenters. The Morgan fingerprint density at radius 1 is 1.02 bits per heavy atom. The third-order valence-corrected chi connectivity index (χ3v) is 10.4. The molecular formula is C25H29F2N9O8P2S2. The van der Waals surface area contributed by atoms with Crippen LogP contribution in [0.4, 0.5) is 20.4 Å². The van der Waals surface area contributed by atoms with Gasteiger partial charge < -0.3 is 34.3 Å². The predicted molar refractivity (Wildman–Crippen MR) is 174 cm³/mol. The Hall–Kier alpha value is -2.71. The van der Waals surface area contributed by atoms with Gasteiger partial charge in [-0.05, 0) is 6.07 Å². The minimum absolute atomic E-state index is 0.228. The Bertz CT molecular complexity index is 1910. The minimum Gasteiger partial charge on any atom is -0.394 e. The molecule has 1 unspecified atom stereocenters. The summed E-state index contributed by atoms with van der Waals surface area (Å²) in [5.74, 6) is 0.860. The highest BCUT2D eigenvalue weighted by Crippen LogP contribution is 2.57. The van der Waals surface area contributed by atoms with E-state index in [1.807, 2.05) is 12.2 Å². The van der Waals surface area contributed by atoms with Crippen molar-refractivity contribution in [2.75, 3.05) is 36.9 Å². The van der Waals surface area contributed by atoms with Gasteiger partial charge in [-0.3, -0.25) is 18.2 Å². The van der Waals surface area contributed by atoms with Crippen LogP contribution in [0.25, 0.3) is 22.2 Å². The van der Waals surface area contributed by atoms with E-state index in [1.54, 1.807) is 12.3 Å². The maximum absolute atomic E-state index is 16.0. The molecule has 48 heavy (non-hydrogen) atoms. The molecule has 4 aromatic rings. The second kappa shape index (κ2) is 13.9. The van der Waals surface area contributed by atoms with E-state index in [1.165, 1.54) is 28.1 Å². The minimum atomic E-state index is -4.44. The van der Waals surface area contributed by atoms with Crippen molar-refractivity contribution in [1.29, 1.82) is 0 Å². The van der Waals surface area contributed by atoms with Crippen LogP contribution in [0, 0.1) is 0 Å². The first kappa shape index (κ1) is 33.8. The lowest BCUT2D eigenvalue weighted by Gasteiger charge is -2.24. The number of imidazole rings is 1. The van der Waals surface area contributed by atoms with Crippen LogP contribution in [0.15, 0.2) is 43.4 Å². The first-order valence-electron chi connectivity index (χ1n) is 14.5. The highest BCUT2D eigenvalue weighted by Gasteiger charge is 2.52. The van der Waals surface area contributed by atoms with Crippen molar-refractivity contribution in [2.24, 2.45) is 0 Å². The van der Waals surface area contributed by atoms with E-state index >= 15 is 8.78 Å². The molecule has 0 aromatic carbocycles. The summed E-state index contributed by atoms with van der Waals surface area (Å²) in [7, 11) is -2.98. The first-order chi connectivity index (χ1) is 23.1. The van der Waals surface area contributed by atoms with E-state index in [4.69, 9.17) is 23.0 Å². The molecular weight excluding hydrogens is 718 g/mol. The topological polar surface area (TPSA) is 199 Å². The van der Waals surface area contributed by atoms with Crippen LogP contribution in [0.2, 0.25) is 0 Å². The molecule has 7 rings (SSSR count). The van der Waals surface area contributed by atoms with Crippen LogP contribution < -0.4 is 10.6 Å². The summed E-state index contributed by atoms with van der Waals surface area (Å²) in [5, 5.41) is 16.9. The summed E-state index contributed by atoms with van der Waals surface area (Å²) >= 11 is 7.81. The molecule has 7 heterocycles. The molecule has 2 fully saturated rings. The zero-order valence-electron chi connectivity index (χ0n) is 24.5. The molecule has 0 aliphatic carbocycles. The van der Waals surface area contributed by atoms with Gasteiger partial charge in [0.05, 0.1) is 24.9 Å². The number of alkyl halides is 2. The van der Waals surface area contributed by atoms with Gasteiger partial charge in [-0.15, -0.1) is 0 Å². The molecule has 17 nitrogen and oxygen atoms in total. The number of thiol groups is 2. The average molecular weight is 748 g/mol. The molecule has 3 aliphatic rings. The maximum Gasteiger partial charge on any atom is 0.386 e. The second-order valence-corrected chi connectivity index (χ2v) is 15.6. The number of anilines is 2. The van der Waals surface area contributed by atoms with E-state index in [0.717, 1.165) is 0 Å². The van der Waals surface area contributed by atoms with Crippen LogP contribution in [0.3, 0.4) is 0 Å². The van der Waals surface area contributed by atoms with Crippen LogP contribution in [-0.4, -0.2) is 102 Å². The van der Waals surface area contributed by atoms with Crippen molar-refractivity contribution in [3.63, 3.8) is 0 Å². The smallest absolute Gasteiger partial charge is 0.386 e. The fourth-order valence-electron chi connectivity index (χ4n) is 5.81. The van der Waals surface area contributed by atoms with Gasteiger partial charge in [-0.1, -0.05) is 36.6 Å². The van der Waals surface area contributed by atoms with Gasteiger partial charge >= 0.3 is 6.80 Å². The van der Waals surface area contributed by atoms with Gasteiger partial charge in [-0.25, -0.2) is 38.3 Å². The van der Waals surface area contributed by atoms with Crippen molar-refractivity contribution in [2.45, 2.75) is 49.2 Å². The summed E-state index contributed by atoms with van der Waals surface area (Å²) < 4.78 is 88.0. The molecule has 23 heteroatoms. The van der Waals surface area contributed by atoms with E-state index in [-0.39, 0.29) is 5.65 Å². The predicted octanol–water partition coefficient (Wildman–Crippen LogP) is 3.27. The van der Waals surface area contributed by atoms with Crippen molar-refractivity contribution < 1.29 is 46.1 Å². The molecule has 0 spiro atoms. The molecule has 12 bridgehead atoms. The lowest BCUT2D eigenvalue weighted by atomic mass is 10.1. The highest BCUT2D eigenvalue weighted by atomic mass is 32.7. The summed E-state index contributed by atoms with van der Waals surface area (Å²) in [4.78, 5) is 21.4. The number of hydrogen-bond acceptors (Lipinski definition) is 15. The van der Waals surface area contributed by atoms with Gasteiger partial charge in [0.2, 0.25) is 7.23 Å². The zero-order valence-corrected chi connectivity index (χ0v) is 28.2. The van der Waals surface area contributed by atoms with Crippen molar-refractivity contribution in [1.82, 2.24) is 34.1 Å². The number of fused-ring (bicyclic) bond motifs is 6. The Morgan fingerprint density at radius 3 is 2.48 bits per heavy atom. The normalized spacial score (nSPS) is 34.2. The van der Waals surface area contributed by atoms with Crippen LogP contribution >= 0.6 is 38.5 Å². The lowest BCUT2D eigenvalue weighted by Crippen LogP contribution is -2.34. The Labute approximate surface area is 281 Å². The van der Waals surface area contributed by atoms with Crippen LogP contribution in [-0.2, 0) is 32.2 Å². The van der Waals surface area contributed by atoms with Crippen molar-refractivity contribution >= 4 is 72.4 Å². The molecule has 3 aliphatic heterocycles. The number of nitrogens with zero attached hydrogens (tertiary/aromatic N) is 7. The molecule has 0 radical (unpaired) electrons. The number of aliphatic hydroxyl groups excluding tert-OH is 1. The SMILES string of the molecule is O=[PH](S)O[C@H]1[C@@H](F)[C@H]2O[C@@H]1CO[P@@](=O)(S)O[C@H]1[C@@H](F)[C@@H](O[C@@H]1CO)n1cnc3c(ncnc31)NC/C=C/CNc1ncnc3c1ccn32. The van der Waals surface area contributed by atoms with Gasteiger partial charge in [0, 0.05) is 19.3 Å². The van der Waals surface area contributed by atoms with Gasteiger partial charge in [0.15, 0.2) is 41.8 Å². The number of rotatable bonds is 3. The van der Waals surface area contributed by atoms with E-state index < -0.39 is 76.5 Å². The fraction of sp³-hybridized carbons (Fsp3) is 0.480. The standard InChI is InChI=1S/C25H29F2N9O8P2S2/c26-15-18(43-45(38)47)14-8-40-46(39,48)44-19-13(7-37)41-25(16(19)27)36-11-34-17-21(31-10-33-23(17)36)29-5-2-1-4-28-20-12-3-6-35(24(15)42-14)22(12)32-9-30-20/h1-3,6,9-11,13-16,18-19,24-25,37,45H,4-5,7-8H2,(H,38,47)(H,39,48)(H,28,30,32)(H,29,31,33)/b2-1+/t13-,14-,15-,16-,18-,19-,24-,25-,46-/m1/s1. The average Bonchev–Trinajstić information content (AvgIpc) is 3.82. The largest absolute Gasteiger partial charge is 0.394 e. The molecule has 0 saturated carbocycles. The molecule has 4 aromatic heterocycles. The highest BCUT2D eigenvalue weighted by molar-refractivity contribution is 8.44. The molecule has 3 N–H and O–H groups in total. The number of hydrogen-bond donors (Lipinski definition) is 5. The van der Waals surface area contributed by atoms with E-state index in [9.17, 15) is 14.2 Å². The van der Waals surface area contributed by atoms with Crippen LogP contribution in [0.5, 0.6) is 0 Å². The summed E-state index contributed by atoms with van der Waals surface area (Å²) in [6.07, 6.45) is -3.16. The third kappa shape index (κ3) is 6.48. The summed E-state index contributed by atoms with van der Waals surface area (Å²) in [6, 6.07) is 1.68. The van der Waals surface area contributed by atoms with E-state index in [0.29, 0.717) is 41.3 Å². The van der Waals surface area contributed by atoms with Crippen molar-refractivity contribution in [3.05, 3.63) is 43.4 Å². The molecule has 0 amide bonds. The Morgan fingerprint density at radius 2 is 1.73 bits per heavy atom. The van der Waals surface area contributed by atoms with E-state index in [2.05, 4.69) is 60.1 Å². The number of ether oxygens (including phenoxy) is 2. The third-order valence-electron chi connectivity index (χ3n) is 7.97. The van der Waals surface area contributed by atoms with Gasteiger partial charge in [0.25, 0.3) is 0 Å². The molecule has 2 saturated heterocycles. The number of aromatic nitrogens is 7. The maximum atomic E-state index is 16.0. The van der Waals surface area contributed by atoms with Gasteiger partial charge in [0.1, 0.15) is 48.5 Å². The number of aliphatic hydroxyl groups is 1. The summed E-state index contributed by atoms with van der Waals surface area (Å²) in [5.41, 5.74) is 0.886. The number of halogens is 2. The molecule has 258 valence electrons. The number of nitrogens with one attached hydrogen (secondary N) is 2. The van der Waals surface area contributed by atoms with Crippen molar-refractivity contribution in [3.8, 4) is 0 Å². The van der Waals surface area contributed by atoms with Crippen LogP contribution in [0.1, 0.15) is 12.5 Å². The summed E-state index contributed by atoms with van der Waals surface area (Å²) in [6.45, 7) is -5.05. The quantitative estimate of drug-likeness (QED) is 0.116. The second-order valence-electron chi connectivity index (χ2n) is 10.8. The van der Waals surface area contributed by atoms with Gasteiger partial charge in [-0.2, -0.15) is 0 Å².